The molecule has 2 heterocycles. The zero-order chi connectivity index (χ0) is 17.5. The quantitative estimate of drug-likeness (QED) is 0.616. The minimum atomic E-state index is 0.471. The molecule has 0 radical (unpaired) electrons. The van der Waals surface area contributed by atoms with Gasteiger partial charge in [0.2, 0.25) is 0 Å². The van der Waals surface area contributed by atoms with Gasteiger partial charge in [-0.2, -0.15) is 0 Å². The standard InChI is InChI=1S/C20H28N4S/c1-3-21-20(23-14-19-9-6-12-25-19)22-13-16(2)24-11-10-17-7-4-5-8-18(17)15-24/h4-9,12,16H,3,10-11,13-15H2,1-2H3,(H2,21,22,23). The first-order chi connectivity index (χ1) is 12.3. The lowest BCUT2D eigenvalue weighted by atomic mass is 9.99. The number of thiophene rings is 1. The van der Waals surface area contributed by atoms with Crippen LogP contribution in [0.1, 0.15) is 29.9 Å². The maximum absolute atomic E-state index is 4.70. The molecule has 4 nitrogen and oxygen atoms in total. The van der Waals surface area contributed by atoms with Crippen molar-refractivity contribution in [3.63, 3.8) is 0 Å². The van der Waals surface area contributed by atoms with Gasteiger partial charge in [-0.3, -0.25) is 4.90 Å². The Labute approximate surface area is 155 Å². The zero-order valence-electron chi connectivity index (χ0n) is 15.2. The lowest BCUT2D eigenvalue weighted by Gasteiger charge is -2.34. The average Bonchev–Trinajstić information content (AvgIpc) is 3.17. The molecule has 1 atom stereocenters. The Morgan fingerprint density at radius 3 is 2.80 bits per heavy atom. The van der Waals surface area contributed by atoms with Crippen LogP contribution >= 0.6 is 11.3 Å². The Hall–Kier alpha value is -1.85. The lowest BCUT2D eigenvalue weighted by molar-refractivity contribution is 0.191. The third kappa shape index (κ3) is 5.06. The molecule has 1 aliphatic heterocycles. The Kier molecular flexibility index (Phi) is 6.48. The molecule has 1 aromatic heterocycles. The monoisotopic (exact) mass is 356 g/mol. The number of nitrogens with one attached hydrogen (secondary N) is 2. The SMILES string of the molecule is CCNC(=NCc1cccs1)NCC(C)N1CCc2ccccc2C1. The van der Waals surface area contributed by atoms with E-state index in [9.17, 15) is 0 Å². The van der Waals surface area contributed by atoms with Crippen molar-refractivity contribution in [1.82, 2.24) is 15.5 Å². The fourth-order valence-corrected chi connectivity index (χ4v) is 3.80. The van der Waals surface area contributed by atoms with Crippen LogP contribution in [0.15, 0.2) is 46.8 Å². The number of aliphatic imine (C=N–C) groups is 1. The number of hydrogen-bond acceptors (Lipinski definition) is 3. The van der Waals surface area contributed by atoms with Crippen molar-refractivity contribution < 1.29 is 0 Å². The average molecular weight is 357 g/mol. The molecule has 25 heavy (non-hydrogen) atoms. The summed E-state index contributed by atoms with van der Waals surface area (Å²) in [5, 5.41) is 8.95. The maximum atomic E-state index is 4.70. The maximum Gasteiger partial charge on any atom is 0.191 e. The summed E-state index contributed by atoms with van der Waals surface area (Å²) in [4.78, 5) is 8.54. The minimum Gasteiger partial charge on any atom is -0.357 e. The number of hydrogen-bond donors (Lipinski definition) is 2. The zero-order valence-corrected chi connectivity index (χ0v) is 16.0. The normalized spacial score (nSPS) is 16.3. The fourth-order valence-electron chi connectivity index (χ4n) is 3.17. The first-order valence-electron chi connectivity index (χ1n) is 9.11. The molecule has 134 valence electrons. The van der Waals surface area contributed by atoms with Crippen LogP contribution in [-0.4, -0.2) is 36.5 Å². The van der Waals surface area contributed by atoms with E-state index in [0.717, 1.165) is 45.1 Å². The van der Waals surface area contributed by atoms with Crippen molar-refractivity contribution in [3.8, 4) is 0 Å². The number of fused-ring (bicyclic) bond motifs is 1. The first kappa shape index (κ1) is 18.0. The molecular formula is C20H28N4S. The summed E-state index contributed by atoms with van der Waals surface area (Å²) in [5.74, 6) is 0.903. The van der Waals surface area contributed by atoms with E-state index in [1.165, 1.54) is 16.0 Å². The third-order valence-corrected chi connectivity index (χ3v) is 5.53. The third-order valence-electron chi connectivity index (χ3n) is 4.67. The van der Waals surface area contributed by atoms with Gasteiger partial charge in [0.1, 0.15) is 0 Å². The van der Waals surface area contributed by atoms with E-state index in [1.807, 2.05) is 0 Å². The smallest absolute Gasteiger partial charge is 0.191 e. The van der Waals surface area contributed by atoms with Crippen molar-refractivity contribution in [1.29, 1.82) is 0 Å². The Balaban J connectivity index is 1.53. The molecule has 2 N–H and O–H groups in total. The van der Waals surface area contributed by atoms with Crippen LogP contribution in [0.4, 0.5) is 0 Å². The molecule has 0 saturated carbocycles. The molecule has 0 aliphatic carbocycles. The van der Waals surface area contributed by atoms with Gasteiger partial charge in [-0.1, -0.05) is 30.3 Å². The van der Waals surface area contributed by atoms with Crippen LogP contribution in [0, 0.1) is 0 Å². The highest BCUT2D eigenvalue weighted by atomic mass is 32.1. The summed E-state index contributed by atoms with van der Waals surface area (Å²) in [6.07, 6.45) is 1.15. The molecule has 0 amide bonds. The van der Waals surface area contributed by atoms with E-state index in [-0.39, 0.29) is 0 Å². The van der Waals surface area contributed by atoms with Crippen LogP contribution in [0.2, 0.25) is 0 Å². The highest BCUT2D eigenvalue weighted by Crippen LogP contribution is 2.19. The second-order valence-electron chi connectivity index (χ2n) is 6.49. The van der Waals surface area contributed by atoms with E-state index < -0.39 is 0 Å². The van der Waals surface area contributed by atoms with Crippen molar-refractivity contribution in [2.24, 2.45) is 4.99 Å². The number of guanidine groups is 1. The summed E-state index contributed by atoms with van der Waals surface area (Å²) in [6.45, 7) is 9.08. The lowest BCUT2D eigenvalue weighted by Crippen LogP contribution is -2.47. The van der Waals surface area contributed by atoms with Gasteiger partial charge in [-0.05, 0) is 42.8 Å². The van der Waals surface area contributed by atoms with Gasteiger partial charge in [-0.15, -0.1) is 11.3 Å². The second-order valence-corrected chi connectivity index (χ2v) is 7.53. The predicted molar refractivity (Wildman–Crippen MR) is 107 cm³/mol. The number of nitrogens with zero attached hydrogens (tertiary/aromatic N) is 2. The molecule has 0 bridgehead atoms. The predicted octanol–water partition coefficient (Wildman–Crippen LogP) is 3.25. The fraction of sp³-hybridized carbons (Fsp3) is 0.450. The Bertz CT molecular complexity index is 681. The number of benzene rings is 1. The minimum absolute atomic E-state index is 0.471. The van der Waals surface area contributed by atoms with Crippen LogP contribution in [0.3, 0.4) is 0 Å². The van der Waals surface area contributed by atoms with Gasteiger partial charge in [0.25, 0.3) is 0 Å². The van der Waals surface area contributed by atoms with E-state index in [2.05, 4.69) is 71.2 Å². The largest absolute Gasteiger partial charge is 0.357 e. The van der Waals surface area contributed by atoms with Gasteiger partial charge in [-0.25, -0.2) is 4.99 Å². The van der Waals surface area contributed by atoms with Crippen molar-refractivity contribution in [2.45, 2.75) is 39.4 Å². The summed E-state index contributed by atoms with van der Waals surface area (Å²) < 4.78 is 0. The summed E-state index contributed by atoms with van der Waals surface area (Å²) in [5.41, 5.74) is 2.98. The topological polar surface area (TPSA) is 39.7 Å². The molecule has 1 unspecified atom stereocenters. The molecule has 2 aromatic rings. The van der Waals surface area contributed by atoms with E-state index in [4.69, 9.17) is 4.99 Å². The molecule has 5 heteroatoms. The summed E-state index contributed by atoms with van der Waals surface area (Å²) >= 11 is 1.75. The Morgan fingerprint density at radius 2 is 2.04 bits per heavy atom. The van der Waals surface area contributed by atoms with Gasteiger partial charge >= 0.3 is 0 Å². The first-order valence-corrected chi connectivity index (χ1v) is 9.99. The van der Waals surface area contributed by atoms with Crippen LogP contribution in [0.5, 0.6) is 0 Å². The molecule has 1 aromatic carbocycles. The molecule has 1 aliphatic rings. The van der Waals surface area contributed by atoms with Crippen LogP contribution in [0.25, 0.3) is 0 Å². The Morgan fingerprint density at radius 1 is 1.20 bits per heavy atom. The van der Waals surface area contributed by atoms with Crippen LogP contribution < -0.4 is 10.6 Å². The van der Waals surface area contributed by atoms with E-state index >= 15 is 0 Å². The van der Waals surface area contributed by atoms with E-state index in [1.54, 1.807) is 11.3 Å². The summed E-state index contributed by atoms with van der Waals surface area (Å²) in [6, 6.07) is 13.5. The van der Waals surface area contributed by atoms with Gasteiger partial charge in [0.15, 0.2) is 5.96 Å². The molecule has 3 rings (SSSR count). The van der Waals surface area contributed by atoms with Gasteiger partial charge in [0.05, 0.1) is 6.54 Å². The molecule has 0 spiro atoms. The van der Waals surface area contributed by atoms with Gasteiger partial charge in [0, 0.05) is 37.1 Å². The highest BCUT2D eigenvalue weighted by molar-refractivity contribution is 7.09. The van der Waals surface area contributed by atoms with Gasteiger partial charge < -0.3 is 10.6 Å². The van der Waals surface area contributed by atoms with E-state index in [0.29, 0.717) is 6.04 Å². The molecule has 0 saturated heterocycles. The van der Waals surface area contributed by atoms with Crippen molar-refractivity contribution in [3.05, 3.63) is 57.8 Å². The van der Waals surface area contributed by atoms with Crippen molar-refractivity contribution in [2.75, 3.05) is 19.6 Å². The second kappa shape index (κ2) is 9.02. The molecule has 0 fully saturated rings. The van der Waals surface area contributed by atoms with Crippen molar-refractivity contribution >= 4 is 17.3 Å². The molecular weight excluding hydrogens is 328 g/mol. The summed E-state index contributed by atoms with van der Waals surface area (Å²) in [7, 11) is 0. The number of rotatable bonds is 6. The van der Waals surface area contributed by atoms with Crippen LogP contribution in [-0.2, 0) is 19.5 Å². The highest BCUT2D eigenvalue weighted by Gasteiger charge is 2.20.